The summed E-state index contributed by atoms with van der Waals surface area (Å²) < 4.78 is 0. The molecule has 0 aliphatic carbocycles. The average Bonchev–Trinajstić information content (AvgIpc) is 1.98. The van der Waals surface area contributed by atoms with Gasteiger partial charge in [-0.25, -0.2) is 0 Å². The molecule has 76 valence electrons. The van der Waals surface area contributed by atoms with E-state index in [4.69, 9.17) is 0 Å². The van der Waals surface area contributed by atoms with Crippen LogP contribution in [0.3, 0.4) is 0 Å². The highest BCUT2D eigenvalue weighted by atomic mass is 16.2. The fraction of sp³-hybridized carbons (Fsp3) is 0.800. The van der Waals surface area contributed by atoms with Gasteiger partial charge in [0, 0.05) is 26.4 Å². The predicted molar refractivity (Wildman–Crippen MR) is 52.4 cm³/mol. The Bertz CT molecular complexity index is 187. The molecule has 0 rings (SSSR count). The van der Waals surface area contributed by atoms with Crippen LogP contribution in [0.4, 0.5) is 0 Å². The number of carbonyl (C=O) groups is 2. The lowest BCUT2D eigenvalue weighted by Gasteiger charge is -2.18. The number of amides is 1. The molecule has 3 heteroatoms. The molecule has 0 spiro atoms. The normalized spacial score (nSPS) is 10.2. The summed E-state index contributed by atoms with van der Waals surface area (Å²) in [6.45, 7) is 6.40. The van der Waals surface area contributed by atoms with Crippen molar-refractivity contribution >= 4 is 11.7 Å². The van der Waals surface area contributed by atoms with E-state index >= 15 is 0 Å². The maximum Gasteiger partial charge on any atom is 0.222 e. The third-order valence-corrected chi connectivity index (χ3v) is 1.76. The molecule has 3 nitrogen and oxygen atoms in total. The molecule has 0 aromatic rings. The molecular weight excluding hydrogens is 166 g/mol. The molecule has 13 heavy (non-hydrogen) atoms. The van der Waals surface area contributed by atoms with E-state index in [9.17, 15) is 9.59 Å². The number of hydrogen-bond donors (Lipinski definition) is 0. The third kappa shape index (κ3) is 6.31. The highest BCUT2D eigenvalue weighted by Gasteiger charge is 2.10. The van der Waals surface area contributed by atoms with Crippen LogP contribution in [0, 0.1) is 5.92 Å². The Morgan fingerprint density at radius 2 is 1.77 bits per heavy atom. The molecular formula is C10H19NO2. The topological polar surface area (TPSA) is 37.4 Å². The number of nitrogens with zero attached hydrogens (tertiary/aromatic N) is 1. The Hall–Kier alpha value is -0.860. The first-order valence-electron chi connectivity index (χ1n) is 4.67. The molecule has 0 heterocycles. The van der Waals surface area contributed by atoms with E-state index < -0.39 is 0 Å². The van der Waals surface area contributed by atoms with Gasteiger partial charge in [0.15, 0.2) is 0 Å². The molecule has 0 saturated carbocycles. The summed E-state index contributed by atoms with van der Waals surface area (Å²) in [5.74, 6) is 0.612. The number of hydrogen-bond acceptors (Lipinski definition) is 2. The van der Waals surface area contributed by atoms with Crippen molar-refractivity contribution in [1.82, 2.24) is 4.90 Å². The van der Waals surface area contributed by atoms with E-state index in [0.717, 1.165) is 6.54 Å². The molecule has 0 fully saturated rings. The lowest BCUT2D eigenvalue weighted by Crippen LogP contribution is -2.30. The second kappa shape index (κ2) is 5.73. The van der Waals surface area contributed by atoms with Gasteiger partial charge in [-0.2, -0.15) is 0 Å². The van der Waals surface area contributed by atoms with Crippen molar-refractivity contribution in [2.45, 2.75) is 33.6 Å². The second-order valence-corrected chi connectivity index (χ2v) is 3.87. The van der Waals surface area contributed by atoms with Gasteiger partial charge in [0.25, 0.3) is 0 Å². The minimum absolute atomic E-state index is 0.0592. The minimum Gasteiger partial charge on any atom is -0.345 e. The lowest BCUT2D eigenvalue weighted by atomic mass is 10.2. The molecule has 0 N–H and O–H groups in total. The standard InChI is InChI=1S/C10H19NO2/c1-8(2)7-11(4)10(13)6-5-9(3)12/h8H,5-7H2,1-4H3. The van der Waals surface area contributed by atoms with Crippen LogP contribution in [-0.4, -0.2) is 30.2 Å². The Balaban J connectivity index is 3.76. The Morgan fingerprint density at radius 1 is 1.23 bits per heavy atom. The number of rotatable bonds is 5. The zero-order valence-electron chi connectivity index (χ0n) is 8.96. The fourth-order valence-electron chi connectivity index (χ4n) is 1.12. The molecule has 0 aromatic carbocycles. The van der Waals surface area contributed by atoms with Gasteiger partial charge < -0.3 is 9.69 Å². The summed E-state index contributed by atoms with van der Waals surface area (Å²) in [4.78, 5) is 23.7. The minimum atomic E-state index is 0.0592. The van der Waals surface area contributed by atoms with Crippen LogP contribution in [0.25, 0.3) is 0 Å². The molecule has 1 amide bonds. The zero-order chi connectivity index (χ0) is 10.4. The summed E-state index contributed by atoms with van der Waals surface area (Å²) in [6, 6.07) is 0. The summed E-state index contributed by atoms with van der Waals surface area (Å²) in [5, 5.41) is 0. The van der Waals surface area contributed by atoms with Crippen LogP contribution in [-0.2, 0) is 9.59 Å². The van der Waals surface area contributed by atoms with Crippen LogP contribution in [0.2, 0.25) is 0 Å². The van der Waals surface area contributed by atoms with Gasteiger partial charge in [0.2, 0.25) is 5.91 Å². The Labute approximate surface area is 80.1 Å². The monoisotopic (exact) mass is 185 g/mol. The van der Waals surface area contributed by atoms with Crippen LogP contribution >= 0.6 is 0 Å². The van der Waals surface area contributed by atoms with Crippen LogP contribution in [0.1, 0.15) is 33.6 Å². The Kier molecular flexibility index (Phi) is 5.35. The van der Waals surface area contributed by atoms with E-state index in [1.165, 1.54) is 6.92 Å². The molecule has 0 bridgehead atoms. The summed E-state index contributed by atoms with van der Waals surface area (Å²) in [5.41, 5.74) is 0. The van der Waals surface area contributed by atoms with E-state index in [0.29, 0.717) is 18.8 Å². The quantitative estimate of drug-likeness (QED) is 0.650. The van der Waals surface area contributed by atoms with Crippen LogP contribution in [0.15, 0.2) is 0 Å². The van der Waals surface area contributed by atoms with Crippen molar-refractivity contribution in [3.8, 4) is 0 Å². The molecule has 0 aromatic heterocycles. The predicted octanol–water partition coefficient (Wildman–Crippen LogP) is 1.47. The molecule has 0 aliphatic rings. The zero-order valence-corrected chi connectivity index (χ0v) is 8.96. The number of Topliss-reactive ketones (excluding diaryl/α,β-unsaturated/α-hetero) is 1. The maximum atomic E-state index is 11.4. The maximum absolute atomic E-state index is 11.4. The van der Waals surface area contributed by atoms with Gasteiger partial charge in [-0.1, -0.05) is 13.8 Å². The average molecular weight is 185 g/mol. The van der Waals surface area contributed by atoms with Crippen LogP contribution in [0.5, 0.6) is 0 Å². The summed E-state index contributed by atoms with van der Waals surface area (Å²) >= 11 is 0. The number of carbonyl (C=O) groups excluding carboxylic acids is 2. The van der Waals surface area contributed by atoms with Crippen molar-refractivity contribution in [2.24, 2.45) is 5.92 Å². The van der Waals surface area contributed by atoms with E-state index in [2.05, 4.69) is 13.8 Å². The van der Waals surface area contributed by atoms with Gasteiger partial charge in [-0.05, 0) is 12.8 Å². The van der Waals surface area contributed by atoms with Crippen molar-refractivity contribution < 1.29 is 9.59 Å². The molecule has 0 atom stereocenters. The van der Waals surface area contributed by atoms with Gasteiger partial charge in [0.05, 0.1) is 0 Å². The van der Waals surface area contributed by atoms with E-state index in [1.54, 1.807) is 11.9 Å². The molecule has 0 saturated heterocycles. The second-order valence-electron chi connectivity index (χ2n) is 3.87. The SMILES string of the molecule is CC(=O)CCC(=O)N(C)CC(C)C. The molecule has 0 unspecified atom stereocenters. The highest BCUT2D eigenvalue weighted by Crippen LogP contribution is 2.00. The third-order valence-electron chi connectivity index (χ3n) is 1.76. The Morgan fingerprint density at radius 3 is 2.15 bits per heavy atom. The van der Waals surface area contributed by atoms with Crippen molar-refractivity contribution in [3.63, 3.8) is 0 Å². The first-order valence-corrected chi connectivity index (χ1v) is 4.67. The van der Waals surface area contributed by atoms with Crippen molar-refractivity contribution in [2.75, 3.05) is 13.6 Å². The summed E-state index contributed by atoms with van der Waals surface area (Å²) in [6.07, 6.45) is 0.708. The van der Waals surface area contributed by atoms with Gasteiger partial charge in [0.1, 0.15) is 5.78 Å². The highest BCUT2D eigenvalue weighted by molar-refractivity contribution is 5.83. The largest absolute Gasteiger partial charge is 0.345 e. The van der Waals surface area contributed by atoms with Crippen LogP contribution < -0.4 is 0 Å². The molecule has 0 aliphatic heterocycles. The van der Waals surface area contributed by atoms with Gasteiger partial charge >= 0.3 is 0 Å². The van der Waals surface area contributed by atoms with Gasteiger partial charge in [-0.3, -0.25) is 4.79 Å². The first kappa shape index (κ1) is 12.1. The molecule has 0 radical (unpaired) electrons. The van der Waals surface area contributed by atoms with E-state index in [1.807, 2.05) is 0 Å². The fourth-order valence-corrected chi connectivity index (χ4v) is 1.12. The van der Waals surface area contributed by atoms with Gasteiger partial charge in [-0.15, -0.1) is 0 Å². The first-order chi connectivity index (χ1) is 5.93. The lowest BCUT2D eigenvalue weighted by molar-refractivity contribution is -0.132. The van der Waals surface area contributed by atoms with E-state index in [-0.39, 0.29) is 11.7 Å². The summed E-state index contributed by atoms with van der Waals surface area (Å²) in [7, 11) is 1.78. The smallest absolute Gasteiger partial charge is 0.222 e. The van der Waals surface area contributed by atoms with Crippen molar-refractivity contribution in [3.05, 3.63) is 0 Å². The van der Waals surface area contributed by atoms with Crippen molar-refractivity contribution in [1.29, 1.82) is 0 Å². The number of ketones is 1.